The molecule has 2 atom stereocenters. The molecule has 0 N–H and O–H groups in total. The zero-order chi connectivity index (χ0) is 36.4. The maximum atomic E-state index is 14.3. The first-order chi connectivity index (χ1) is 25.3. The summed E-state index contributed by atoms with van der Waals surface area (Å²) in [7, 11) is 1.87. The van der Waals surface area contributed by atoms with E-state index in [1.165, 1.54) is 77.5 Å². The average Bonchev–Trinajstić information content (AvgIpc) is 3.89. The minimum atomic E-state index is -0.0302. The number of rotatable bonds is 17. The van der Waals surface area contributed by atoms with Crippen molar-refractivity contribution in [2.75, 3.05) is 35.0 Å². The fourth-order valence-corrected chi connectivity index (χ4v) is 13.1. The van der Waals surface area contributed by atoms with Crippen LogP contribution < -0.4 is 15.7 Å². The SMILES string of the molecule is CCCCC(C)CSCCc1cc2c(nc3c4c5c6c(sc5c(=O)n32)/C=N/c2sc(CCSCC(CC)CCCC)cc2N(C)C(=O)C(=CC=4)C6)s1. The Hall–Kier alpha value is -2.44. The van der Waals surface area contributed by atoms with Gasteiger partial charge in [0.05, 0.1) is 16.1 Å². The van der Waals surface area contributed by atoms with E-state index in [4.69, 9.17) is 9.98 Å². The fourth-order valence-electron chi connectivity index (χ4n) is 7.31. The molecule has 6 nitrogen and oxygen atoms in total. The number of hydrogen-bond acceptors (Lipinski definition) is 9. The quantitative estimate of drug-likeness (QED) is 0.0878. The van der Waals surface area contributed by atoms with E-state index in [1.807, 2.05) is 53.3 Å². The van der Waals surface area contributed by atoms with Crippen LogP contribution >= 0.6 is 57.5 Å². The van der Waals surface area contributed by atoms with Gasteiger partial charge in [0.1, 0.15) is 20.2 Å². The molecule has 6 heterocycles. The van der Waals surface area contributed by atoms with E-state index in [1.54, 1.807) is 27.6 Å². The number of carbonyl (C=O) groups is 1. The Morgan fingerprint density at radius 2 is 1.67 bits per heavy atom. The van der Waals surface area contributed by atoms with Crippen molar-refractivity contribution < 1.29 is 4.79 Å². The molecule has 0 saturated carbocycles. The van der Waals surface area contributed by atoms with E-state index in [0.717, 1.165) is 78.3 Å². The Kier molecular flexibility index (Phi) is 12.3. The highest BCUT2D eigenvalue weighted by Crippen LogP contribution is 2.41. The fraction of sp³-hybridized carbons (Fsp3) is 0.512. The van der Waals surface area contributed by atoms with Crippen LogP contribution in [0.1, 0.15) is 92.8 Å². The maximum absolute atomic E-state index is 14.3. The molecule has 0 radical (unpaired) electrons. The first-order valence-electron chi connectivity index (χ1n) is 19.0. The Labute approximate surface area is 327 Å². The normalized spacial score (nSPS) is 16.1. The molecule has 2 aliphatic rings. The maximum Gasteiger partial charge on any atom is 0.274 e. The molecule has 5 aromatic rings. The number of nitrogens with zero attached hydrogens (tertiary/aromatic N) is 4. The summed E-state index contributed by atoms with van der Waals surface area (Å²) < 4.78 is 2.53. The third-order valence-electron chi connectivity index (χ3n) is 10.5. The van der Waals surface area contributed by atoms with Gasteiger partial charge >= 0.3 is 0 Å². The summed E-state index contributed by atoms with van der Waals surface area (Å²) in [6.07, 6.45) is 17.3. The molecule has 0 aromatic carbocycles. The smallest absolute Gasteiger partial charge is 0.274 e. The number of fused-ring (bicyclic) bond motifs is 6. The average molecular weight is 791 g/mol. The van der Waals surface area contributed by atoms with E-state index in [0.29, 0.717) is 22.3 Å². The number of amides is 1. The molecule has 0 spiro atoms. The summed E-state index contributed by atoms with van der Waals surface area (Å²) in [5.41, 5.74) is 4.11. The zero-order valence-electron chi connectivity index (χ0n) is 31.1. The summed E-state index contributed by atoms with van der Waals surface area (Å²) in [6.45, 7) is 9.20. The van der Waals surface area contributed by atoms with E-state index in [9.17, 15) is 9.59 Å². The number of aliphatic imine (C=N–C) groups is 1. The molecule has 1 aliphatic heterocycles. The van der Waals surface area contributed by atoms with Crippen molar-refractivity contribution in [3.63, 3.8) is 0 Å². The van der Waals surface area contributed by atoms with Gasteiger partial charge in [0.15, 0.2) is 0 Å². The van der Waals surface area contributed by atoms with E-state index in [-0.39, 0.29) is 11.5 Å². The van der Waals surface area contributed by atoms with Crippen LogP contribution in [0.25, 0.3) is 32.2 Å². The van der Waals surface area contributed by atoms with Gasteiger partial charge in [-0.15, -0.1) is 34.0 Å². The van der Waals surface area contributed by atoms with E-state index in [2.05, 4.69) is 39.8 Å². The number of allylic oxidation sites excluding steroid dienone is 1. The lowest BCUT2D eigenvalue weighted by molar-refractivity contribution is -0.114. The first-order valence-corrected chi connectivity index (χ1v) is 23.8. The molecule has 276 valence electrons. The Bertz CT molecular complexity index is 2260. The largest absolute Gasteiger partial charge is 0.309 e. The minimum absolute atomic E-state index is 0.0295. The van der Waals surface area contributed by atoms with Crippen LogP contribution in [0, 0.1) is 11.8 Å². The van der Waals surface area contributed by atoms with Gasteiger partial charge in [-0.1, -0.05) is 72.0 Å². The van der Waals surface area contributed by atoms with Crippen LogP contribution in [-0.4, -0.2) is 51.6 Å². The van der Waals surface area contributed by atoms with Crippen molar-refractivity contribution >= 4 is 113 Å². The molecule has 2 unspecified atom stereocenters. The molecular formula is C41H50N4O2S5. The van der Waals surface area contributed by atoms with Crippen LogP contribution in [0.2, 0.25) is 0 Å². The second-order valence-electron chi connectivity index (χ2n) is 14.4. The van der Waals surface area contributed by atoms with Gasteiger partial charge in [-0.3, -0.25) is 14.0 Å². The van der Waals surface area contributed by atoms with E-state index < -0.39 is 0 Å². The molecule has 2 bridgehead atoms. The summed E-state index contributed by atoms with van der Waals surface area (Å²) in [4.78, 5) is 44.7. The summed E-state index contributed by atoms with van der Waals surface area (Å²) in [5, 5.41) is 2.68. The van der Waals surface area contributed by atoms with E-state index >= 15 is 0 Å². The lowest BCUT2D eigenvalue weighted by atomic mass is 10.0. The van der Waals surface area contributed by atoms with Crippen LogP contribution in [0.3, 0.4) is 0 Å². The number of carbonyl (C=O) groups excluding carboxylic acids is 1. The molecule has 11 heteroatoms. The van der Waals surface area contributed by atoms with Crippen LogP contribution in [0.5, 0.6) is 0 Å². The second kappa shape index (κ2) is 16.9. The lowest BCUT2D eigenvalue weighted by Crippen LogP contribution is -2.28. The number of unbranched alkanes of at least 4 members (excludes halogenated alkanes) is 2. The highest BCUT2D eigenvalue weighted by molar-refractivity contribution is 7.99. The highest BCUT2D eigenvalue weighted by atomic mass is 32.2. The van der Waals surface area contributed by atoms with Gasteiger partial charge < -0.3 is 4.90 Å². The second-order valence-corrected chi connectivity index (χ2v) is 20.0. The summed E-state index contributed by atoms with van der Waals surface area (Å²) in [5.74, 6) is 6.07. The lowest BCUT2D eigenvalue weighted by Gasteiger charge is -2.19. The highest BCUT2D eigenvalue weighted by Gasteiger charge is 2.28. The molecular weight excluding hydrogens is 741 g/mol. The number of pyridine rings is 1. The standard InChI is InChI=1S/C41H50N4O2S5/c1-6-9-11-25(4)23-48-17-15-29-21-33-39(51-29)43-37-30-14-13-27-19-31-34(52-36(35(30)31)41(47)45(33)37)22-42-38-32(44(5)40(27)46)20-28(50-38)16-18-49-24-26(8-3)12-10-7-2/h13-14,20-22,25-26H,6-12,15-19,23-24H2,1-5H3/b42-22+. The monoisotopic (exact) mass is 790 g/mol. The third-order valence-corrected chi connectivity index (χ3v) is 16.3. The molecule has 0 saturated heterocycles. The minimum Gasteiger partial charge on any atom is -0.309 e. The van der Waals surface area contributed by atoms with Gasteiger partial charge in [-0.2, -0.15) is 23.5 Å². The van der Waals surface area contributed by atoms with Crippen molar-refractivity contribution in [3.8, 4) is 0 Å². The van der Waals surface area contributed by atoms with Gasteiger partial charge in [0, 0.05) is 45.6 Å². The predicted octanol–water partition coefficient (Wildman–Crippen LogP) is 10.5. The van der Waals surface area contributed by atoms with Gasteiger partial charge in [0.25, 0.3) is 11.5 Å². The van der Waals surface area contributed by atoms with Gasteiger partial charge in [0.2, 0.25) is 0 Å². The number of imidazole rings is 1. The number of aryl methyl sites for hydroxylation is 2. The van der Waals surface area contributed by atoms with Gasteiger partial charge in [-0.25, -0.2) is 9.98 Å². The number of hydrogen-bond donors (Lipinski definition) is 0. The number of anilines is 1. The van der Waals surface area contributed by atoms with Crippen molar-refractivity contribution in [2.24, 2.45) is 16.8 Å². The van der Waals surface area contributed by atoms with Crippen LogP contribution in [-0.2, 0) is 24.1 Å². The third kappa shape index (κ3) is 7.72. The van der Waals surface area contributed by atoms with Crippen molar-refractivity contribution in [1.82, 2.24) is 9.38 Å². The Morgan fingerprint density at radius 1 is 0.923 bits per heavy atom. The number of thiophene rings is 3. The predicted molar refractivity (Wildman–Crippen MR) is 233 cm³/mol. The molecule has 52 heavy (non-hydrogen) atoms. The molecule has 7 rings (SSSR count). The topological polar surface area (TPSA) is 67.0 Å². The van der Waals surface area contributed by atoms with Crippen molar-refractivity contribution in [3.05, 3.63) is 59.5 Å². The van der Waals surface area contributed by atoms with Crippen LogP contribution in [0.15, 0.2) is 33.6 Å². The Morgan fingerprint density at radius 3 is 2.44 bits per heavy atom. The first kappa shape index (κ1) is 37.9. The van der Waals surface area contributed by atoms with Crippen molar-refractivity contribution in [1.29, 1.82) is 0 Å². The summed E-state index contributed by atoms with van der Waals surface area (Å²) >= 11 is 8.96. The number of thioether (sulfide) groups is 2. The number of likely N-dealkylation sites (N-methyl/N-ethyl adjacent to an activating group) is 1. The molecule has 1 aliphatic carbocycles. The Balaban J connectivity index is 1.18. The molecule has 0 fully saturated rings. The molecule has 1 amide bonds. The molecule has 5 aromatic heterocycles. The van der Waals surface area contributed by atoms with Gasteiger partial charge in [-0.05, 0) is 78.2 Å². The van der Waals surface area contributed by atoms with Crippen molar-refractivity contribution in [2.45, 2.75) is 91.9 Å². The summed E-state index contributed by atoms with van der Waals surface area (Å²) in [6, 6.07) is 4.34. The zero-order valence-corrected chi connectivity index (χ0v) is 35.2. The number of aromatic nitrogens is 2. The van der Waals surface area contributed by atoms with Crippen LogP contribution in [0.4, 0.5) is 10.7 Å².